The van der Waals surface area contributed by atoms with Crippen molar-refractivity contribution in [1.29, 1.82) is 0 Å². The Hall–Kier alpha value is -1.15. The van der Waals surface area contributed by atoms with Gasteiger partial charge >= 0.3 is 6.01 Å². The Morgan fingerprint density at radius 1 is 1.50 bits per heavy atom. The van der Waals surface area contributed by atoms with Crippen LogP contribution in [0.2, 0.25) is 0 Å². The molecule has 1 fully saturated rings. The lowest BCUT2D eigenvalue weighted by atomic mass is 10.2. The summed E-state index contributed by atoms with van der Waals surface area (Å²) in [6.45, 7) is 0.178. The van der Waals surface area contributed by atoms with Crippen LogP contribution >= 0.6 is 0 Å². The Labute approximate surface area is 93.3 Å². The van der Waals surface area contributed by atoms with Crippen molar-refractivity contribution < 1.29 is 12.8 Å². The van der Waals surface area contributed by atoms with E-state index in [4.69, 9.17) is 10.2 Å². The van der Waals surface area contributed by atoms with Crippen molar-refractivity contribution in [3.8, 4) is 0 Å². The highest BCUT2D eigenvalue weighted by Crippen LogP contribution is 2.16. The van der Waals surface area contributed by atoms with Gasteiger partial charge in [-0.25, -0.2) is 8.42 Å². The summed E-state index contributed by atoms with van der Waals surface area (Å²) in [5, 5.41) is 10.3. The predicted molar refractivity (Wildman–Crippen MR) is 57.5 cm³/mol. The number of hydrogen-bond donors (Lipinski definition) is 2. The largest absolute Gasteiger partial charge is 0.407 e. The van der Waals surface area contributed by atoms with Crippen molar-refractivity contribution in [2.24, 2.45) is 5.73 Å². The monoisotopic (exact) mass is 246 g/mol. The van der Waals surface area contributed by atoms with Crippen LogP contribution in [0.15, 0.2) is 4.42 Å². The van der Waals surface area contributed by atoms with Crippen molar-refractivity contribution in [3.63, 3.8) is 0 Å². The van der Waals surface area contributed by atoms with Gasteiger partial charge in [0.15, 0.2) is 9.84 Å². The first-order chi connectivity index (χ1) is 7.59. The molecule has 0 spiro atoms. The fourth-order valence-electron chi connectivity index (χ4n) is 1.71. The average Bonchev–Trinajstić information content (AvgIpc) is 2.64. The smallest absolute Gasteiger partial charge is 0.315 e. The number of nitrogens with two attached hydrogens (primary N) is 1. The summed E-state index contributed by atoms with van der Waals surface area (Å²) in [4.78, 5) is 0. The van der Waals surface area contributed by atoms with Gasteiger partial charge in [0.05, 0.1) is 18.1 Å². The van der Waals surface area contributed by atoms with Crippen LogP contribution in [0.4, 0.5) is 6.01 Å². The number of anilines is 1. The third-order valence-electron chi connectivity index (χ3n) is 2.43. The number of hydrogen-bond acceptors (Lipinski definition) is 7. The van der Waals surface area contributed by atoms with Gasteiger partial charge in [-0.3, -0.25) is 0 Å². The quantitative estimate of drug-likeness (QED) is 0.740. The number of sulfone groups is 1. The third kappa shape index (κ3) is 2.70. The van der Waals surface area contributed by atoms with E-state index in [9.17, 15) is 8.42 Å². The van der Waals surface area contributed by atoms with Gasteiger partial charge in [-0.05, 0) is 12.8 Å². The summed E-state index contributed by atoms with van der Waals surface area (Å²) in [6.07, 6.45) is 1.46. The molecule has 0 aliphatic carbocycles. The van der Waals surface area contributed by atoms with Crippen molar-refractivity contribution in [1.82, 2.24) is 10.2 Å². The lowest BCUT2D eigenvalue weighted by Gasteiger charge is -2.21. The van der Waals surface area contributed by atoms with E-state index in [2.05, 4.69) is 15.5 Å². The predicted octanol–water partition coefficient (Wildman–Crippen LogP) is -0.483. The van der Waals surface area contributed by atoms with Gasteiger partial charge in [-0.2, -0.15) is 0 Å². The molecule has 0 saturated carbocycles. The minimum atomic E-state index is -2.93. The zero-order chi connectivity index (χ0) is 11.6. The van der Waals surface area contributed by atoms with Crippen molar-refractivity contribution in [3.05, 3.63) is 5.89 Å². The number of nitrogens with zero attached hydrogens (tertiary/aromatic N) is 2. The molecule has 0 radical (unpaired) electrons. The topological polar surface area (TPSA) is 111 Å². The number of nitrogens with one attached hydrogen (secondary N) is 1. The van der Waals surface area contributed by atoms with Gasteiger partial charge in [0.25, 0.3) is 0 Å². The number of aromatic nitrogens is 2. The zero-order valence-electron chi connectivity index (χ0n) is 8.72. The Morgan fingerprint density at radius 3 is 2.94 bits per heavy atom. The van der Waals surface area contributed by atoms with E-state index >= 15 is 0 Å². The molecule has 90 valence electrons. The molecule has 1 saturated heterocycles. The standard InChI is InChI=1S/C8H14N4O3S/c9-4-7-11-12-8(15-7)10-6-2-1-3-16(13,14)5-6/h6H,1-5,9H2,(H,10,12). The highest BCUT2D eigenvalue weighted by Gasteiger charge is 2.25. The minimum absolute atomic E-state index is 0.118. The van der Waals surface area contributed by atoms with Crippen LogP contribution in [-0.2, 0) is 16.4 Å². The van der Waals surface area contributed by atoms with E-state index in [-0.39, 0.29) is 30.1 Å². The molecule has 2 rings (SSSR count). The molecular formula is C8H14N4O3S. The Morgan fingerprint density at radius 2 is 2.31 bits per heavy atom. The van der Waals surface area contributed by atoms with Gasteiger partial charge in [-0.1, -0.05) is 5.10 Å². The summed E-state index contributed by atoms with van der Waals surface area (Å²) < 4.78 is 27.9. The lowest BCUT2D eigenvalue weighted by Crippen LogP contribution is -2.34. The molecule has 1 aliphatic rings. The van der Waals surface area contributed by atoms with Gasteiger partial charge < -0.3 is 15.5 Å². The molecule has 1 unspecified atom stereocenters. The molecule has 1 aliphatic heterocycles. The molecule has 2 heterocycles. The Kier molecular flexibility index (Phi) is 3.10. The Balaban J connectivity index is 1.99. The van der Waals surface area contributed by atoms with Crippen molar-refractivity contribution in [2.45, 2.75) is 25.4 Å². The maximum atomic E-state index is 11.4. The second-order valence-corrected chi connectivity index (χ2v) is 6.03. The van der Waals surface area contributed by atoms with E-state index in [1.54, 1.807) is 0 Å². The molecule has 3 N–H and O–H groups in total. The van der Waals surface area contributed by atoms with Crippen molar-refractivity contribution >= 4 is 15.9 Å². The van der Waals surface area contributed by atoms with E-state index in [0.29, 0.717) is 12.3 Å². The third-order valence-corrected chi connectivity index (χ3v) is 4.25. The second-order valence-electron chi connectivity index (χ2n) is 3.80. The second kappa shape index (κ2) is 4.38. The SMILES string of the molecule is NCc1nnc(NC2CCCS(=O)(=O)C2)o1. The molecule has 8 heteroatoms. The minimum Gasteiger partial charge on any atom is -0.407 e. The molecular weight excluding hydrogens is 232 g/mol. The summed E-state index contributed by atoms with van der Waals surface area (Å²) in [5.41, 5.74) is 5.32. The van der Waals surface area contributed by atoms with E-state index < -0.39 is 9.84 Å². The summed E-state index contributed by atoms with van der Waals surface area (Å²) in [6, 6.07) is 0.0902. The van der Waals surface area contributed by atoms with Gasteiger partial charge in [0.1, 0.15) is 0 Å². The summed E-state index contributed by atoms with van der Waals surface area (Å²) >= 11 is 0. The van der Waals surface area contributed by atoms with Gasteiger partial charge in [0, 0.05) is 6.04 Å². The maximum Gasteiger partial charge on any atom is 0.315 e. The average molecular weight is 246 g/mol. The van der Waals surface area contributed by atoms with Crippen LogP contribution in [-0.4, -0.2) is 36.2 Å². The highest BCUT2D eigenvalue weighted by atomic mass is 32.2. The van der Waals surface area contributed by atoms with Crippen LogP contribution in [0, 0.1) is 0 Å². The fourth-order valence-corrected chi connectivity index (χ4v) is 3.34. The van der Waals surface area contributed by atoms with Crippen LogP contribution in [0.3, 0.4) is 0 Å². The summed E-state index contributed by atoms with van der Waals surface area (Å²) in [7, 11) is -2.93. The highest BCUT2D eigenvalue weighted by molar-refractivity contribution is 7.91. The van der Waals surface area contributed by atoms with Crippen LogP contribution in [0.25, 0.3) is 0 Å². The van der Waals surface area contributed by atoms with Crippen LogP contribution in [0.1, 0.15) is 18.7 Å². The molecule has 0 amide bonds. The molecule has 0 aromatic carbocycles. The maximum absolute atomic E-state index is 11.4. The van der Waals surface area contributed by atoms with Crippen LogP contribution in [0.5, 0.6) is 0 Å². The van der Waals surface area contributed by atoms with Crippen LogP contribution < -0.4 is 11.1 Å². The van der Waals surface area contributed by atoms with E-state index in [1.165, 1.54) is 0 Å². The Bertz CT molecular complexity index is 456. The first-order valence-corrected chi connectivity index (χ1v) is 6.90. The lowest BCUT2D eigenvalue weighted by molar-refractivity contribution is 0.496. The van der Waals surface area contributed by atoms with E-state index in [0.717, 1.165) is 6.42 Å². The number of rotatable bonds is 3. The van der Waals surface area contributed by atoms with Gasteiger partial charge in [0.2, 0.25) is 5.89 Å². The molecule has 7 nitrogen and oxygen atoms in total. The van der Waals surface area contributed by atoms with Gasteiger partial charge in [-0.15, -0.1) is 5.10 Å². The molecule has 1 atom stereocenters. The molecule has 16 heavy (non-hydrogen) atoms. The first-order valence-electron chi connectivity index (χ1n) is 5.08. The normalized spacial score (nSPS) is 24.2. The fraction of sp³-hybridized carbons (Fsp3) is 0.750. The summed E-state index contributed by atoms with van der Waals surface area (Å²) in [5.74, 6) is 0.720. The van der Waals surface area contributed by atoms with Crippen molar-refractivity contribution in [2.75, 3.05) is 16.8 Å². The zero-order valence-corrected chi connectivity index (χ0v) is 9.53. The molecule has 0 bridgehead atoms. The molecule has 1 aromatic heterocycles. The molecule has 1 aromatic rings. The first kappa shape index (κ1) is 11.3. The van der Waals surface area contributed by atoms with E-state index in [1.807, 2.05) is 0 Å².